The number of carbonyl (C=O) groups excluding carboxylic acids is 2. The number of hydrogen-bond acceptors (Lipinski definition) is 6. The average molecular weight is 393 g/mol. The van der Waals surface area contributed by atoms with E-state index in [1.54, 1.807) is 0 Å². The second-order valence-corrected chi connectivity index (χ2v) is 7.03. The minimum Gasteiger partial charge on any atom is -0.456 e. The monoisotopic (exact) mass is 393 g/mol. The minimum atomic E-state index is -0.466. The summed E-state index contributed by atoms with van der Waals surface area (Å²) in [6.45, 7) is 1.83. The molecule has 2 heterocycles. The van der Waals surface area contributed by atoms with Crippen molar-refractivity contribution in [2.45, 2.75) is 25.7 Å². The summed E-state index contributed by atoms with van der Waals surface area (Å²) in [5.41, 5.74) is 3.28. The van der Waals surface area contributed by atoms with Crippen molar-refractivity contribution in [2.75, 3.05) is 29.9 Å². The number of carbonyl (C=O) groups is 2. The van der Waals surface area contributed by atoms with Crippen LogP contribution in [-0.4, -0.2) is 36.6 Å². The summed E-state index contributed by atoms with van der Waals surface area (Å²) in [5.74, 6) is -0.355. The van der Waals surface area contributed by atoms with Gasteiger partial charge in [-0.15, -0.1) is 0 Å². The van der Waals surface area contributed by atoms with E-state index in [2.05, 4.69) is 15.2 Å². The van der Waals surface area contributed by atoms with Crippen LogP contribution in [0, 0.1) is 0 Å². The lowest BCUT2D eigenvalue weighted by molar-refractivity contribution is -0.147. The molecule has 7 heteroatoms. The van der Waals surface area contributed by atoms with E-state index in [0.717, 1.165) is 24.3 Å². The summed E-state index contributed by atoms with van der Waals surface area (Å²) in [4.78, 5) is 30.6. The zero-order chi connectivity index (χ0) is 20.1. The fraction of sp³-hybridized carbons (Fsp3) is 0.318. The van der Waals surface area contributed by atoms with Gasteiger partial charge in [-0.05, 0) is 49.2 Å². The molecule has 1 fully saturated rings. The number of oxazole rings is 1. The molecule has 2 aromatic carbocycles. The van der Waals surface area contributed by atoms with Crippen LogP contribution in [0.4, 0.5) is 11.4 Å². The van der Waals surface area contributed by atoms with Crippen molar-refractivity contribution in [1.29, 1.82) is 0 Å². The first-order chi connectivity index (χ1) is 14.2. The van der Waals surface area contributed by atoms with Crippen LogP contribution in [0.5, 0.6) is 0 Å². The van der Waals surface area contributed by atoms with Crippen LogP contribution in [0.3, 0.4) is 0 Å². The van der Waals surface area contributed by atoms with Crippen molar-refractivity contribution < 1.29 is 18.7 Å². The number of rotatable bonds is 7. The Labute approximate surface area is 168 Å². The van der Waals surface area contributed by atoms with Crippen molar-refractivity contribution in [1.82, 2.24) is 4.98 Å². The second-order valence-electron chi connectivity index (χ2n) is 7.03. The number of anilines is 2. The molecule has 0 atom stereocenters. The fourth-order valence-electron chi connectivity index (χ4n) is 3.38. The summed E-state index contributed by atoms with van der Waals surface area (Å²) in [7, 11) is 0. The molecule has 1 aliphatic heterocycles. The molecule has 1 N–H and O–H groups in total. The Morgan fingerprint density at radius 2 is 1.83 bits per heavy atom. The molecule has 0 aliphatic carbocycles. The van der Waals surface area contributed by atoms with Crippen molar-refractivity contribution >= 4 is 34.4 Å². The van der Waals surface area contributed by atoms with Gasteiger partial charge in [0.25, 0.3) is 5.91 Å². The van der Waals surface area contributed by atoms with Crippen LogP contribution in [0.2, 0.25) is 0 Å². The molecule has 150 valence electrons. The van der Waals surface area contributed by atoms with Crippen molar-refractivity contribution in [3.8, 4) is 0 Å². The molecular weight excluding hydrogens is 370 g/mol. The molecule has 29 heavy (non-hydrogen) atoms. The first-order valence-corrected chi connectivity index (χ1v) is 9.82. The van der Waals surface area contributed by atoms with E-state index in [9.17, 15) is 9.59 Å². The molecular formula is C22H23N3O4. The van der Waals surface area contributed by atoms with Crippen molar-refractivity contribution in [2.24, 2.45) is 0 Å². The van der Waals surface area contributed by atoms with Gasteiger partial charge in [-0.25, -0.2) is 4.98 Å². The van der Waals surface area contributed by atoms with E-state index >= 15 is 0 Å². The highest BCUT2D eigenvalue weighted by molar-refractivity contribution is 5.93. The van der Waals surface area contributed by atoms with E-state index in [4.69, 9.17) is 9.15 Å². The third kappa shape index (κ3) is 4.93. The lowest BCUT2D eigenvalue weighted by Gasteiger charge is -2.17. The molecule has 0 radical (unpaired) electrons. The predicted octanol–water partition coefficient (Wildman–Crippen LogP) is 3.54. The van der Waals surface area contributed by atoms with Gasteiger partial charge in [-0.2, -0.15) is 0 Å². The molecule has 1 aliphatic rings. The Morgan fingerprint density at radius 3 is 2.59 bits per heavy atom. The molecule has 3 aromatic rings. The van der Waals surface area contributed by atoms with Crippen LogP contribution in [0.15, 0.2) is 52.9 Å². The number of aryl methyl sites for hydroxylation is 1. The number of para-hydroxylation sites is 2. The number of hydrogen-bond donors (Lipinski definition) is 1. The van der Waals surface area contributed by atoms with Gasteiger partial charge in [0.2, 0.25) is 0 Å². The van der Waals surface area contributed by atoms with Crippen molar-refractivity contribution in [3.63, 3.8) is 0 Å². The largest absolute Gasteiger partial charge is 0.456 e. The summed E-state index contributed by atoms with van der Waals surface area (Å²) in [6, 6.07) is 15.1. The number of fused-ring (bicyclic) bond motifs is 1. The molecule has 7 nitrogen and oxygen atoms in total. The maximum Gasteiger partial charge on any atom is 0.306 e. The topological polar surface area (TPSA) is 84.7 Å². The standard InChI is InChI=1S/C22H23N3O4/c26-20(23-16-7-9-17(10-8-16)25-13-3-4-14-25)15-28-22(27)12-11-21-24-18-5-1-2-6-19(18)29-21/h1-2,5-10H,3-4,11-15H2,(H,23,26). The zero-order valence-corrected chi connectivity index (χ0v) is 16.1. The van der Waals surface area contributed by atoms with Gasteiger partial charge in [-0.3, -0.25) is 9.59 Å². The quantitative estimate of drug-likeness (QED) is 0.618. The van der Waals surface area contributed by atoms with Crippen LogP contribution < -0.4 is 10.2 Å². The molecule has 0 unspecified atom stereocenters. The van der Waals surface area contributed by atoms with Crippen molar-refractivity contribution in [3.05, 3.63) is 54.4 Å². The lowest BCUT2D eigenvalue weighted by atomic mass is 10.2. The Morgan fingerprint density at radius 1 is 1.07 bits per heavy atom. The first-order valence-electron chi connectivity index (χ1n) is 9.82. The van der Waals surface area contributed by atoms with Crippen LogP contribution >= 0.6 is 0 Å². The first kappa shape index (κ1) is 19.0. The van der Waals surface area contributed by atoms with Gasteiger partial charge >= 0.3 is 5.97 Å². The molecule has 0 spiro atoms. The number of aromatic nitrogens is 1. The maximum absolute atomic E-state index is 12.0. The Bertz CT molecular complexity index is 958. The van der Waals surface area contributed by atoms with Gasteiger partial charge in [0.1, 0.15) is 5.52 Å². The SMILES string of the molecule is O=C(COC(=O)CCc1nc2ccccc2o1)Nc1ccc(N2CCCC2)cc1. The second kappa shape index (κ2) is 8.77. The number of nitrogens with zero attached hydrogens (tertiary/aromatic N) is 2. The molecule has 1 saturated heterocycles. The highest BCUT2D eigenvalue weighted by atomic mass is 16.5. The number of esters is 1. The third-order valence-corrected chi connectivity index (χ3v) is 4.87. The number of amides is 1. The number of nitrogens with one attached hydrogen (secondary N) is 1. The fourth-order valence-corrected chi connectivity index (χ4v) is 3.38. The molecule has 1 amide bonds. The van der Waals surface area contributed by atoms with E-state index in [0.29, 0.717) is 23.6 Å². The minimum absolute atomic E-state index is 0.102. The van der Waals surface area contributed by atoms with E-state index in [1.165, 1.54) is 12.8 Å². The smallest absolute Gasteiger partial charge is 0.306 e. The molecule has 0 bridgehead atoms. The van der Waals surface area contributed by atoms with Crippen LogP contribution in [0.25, 0.3) is 11.1 Å². The summed E-state index contributed by atoms with van der Waals surface area (Å²) in [5, 5.41) is 2.74. The van der Waals surface area contributed by atoms with Gasteiger partial charge in [0, 0.05) is 30.9 Å². The van der Waals surface area contributed by atoms with Gasteiger partial charge in [0.15, 0.2) is 18.1 Å². The Hall–Kier alpha value is -3.35. The zero-order valence-electron chi connectivity index (χ0n) is 16.1. The van der Waals surface area contributed by atoms with E-state index in [1.807, 2.05) is 48.5 Å². The summed E-state index contributed by atoms with van der Waals surface area (Å²) >= 11 is 0. The highest BCUT2D eigenvalue weighted by Crippen LogP contribution is 2.22. The Kier molecular flexibility index (Phi) is 5.74. The molecule has 4 rings (SSSR count). The van der Waals surface area contributed by atoms with E-state index in [-0.39, 0.29) is 18.9 Å². The summed E-state index contributed by atoms with van der Waals surface area (Å²) in [6.07, 6.45) is 2.87. The third-order valence-electron chi connectivity index (χ3n) is 4.87. The van der Waals surface area contributed by atoms with Gasteiger partial charge < -0.3 is 19.4 Å². The van der Waals surface area contributed by atoms with Gasteiger partial charge in [-0.1, -0.05) is 12.1 Å². The highest BCUT2D eigenvalue weighted by Gasteiger charge is 2.13. The average Bonchev–Trinajstić information content (AvgIpc) is 3.41. The van der Waals surface area contributed by atoms with Gasteiger partial charge in [0.05, 0.1) is 6.42 Å². The van der Waals surface area contributed by atoms with Crippen LogP contribution in [-0.2, 0) is 20.7 Å². The lowest BCUT2D eigenvalue weighted by Crippen LogP contribution is -2.21. The predicted molar refractivity (Wildman–Crippen MR) is 110 cm³/mol. The molecule has 0 saturated carbocycles. The van der Waals surface area contributed by atoms with E-state index < -0.39 is 5.97 Å². The Balaban J connectivity index is 1.20. The van der Waals surface area contributed by atoms with Crippen LogP contribution in [0.1, 0.15) is 25.2 Å². The maximum atomic E-state index is 12.0. The normalized spacial score (nSPS) is 13.6. The number of benzene rings is 2. The summed E-state index contributed by atoms with van der Waals surface area (Å²) < 4.78 is 10.6. The molecule has 1 aromatic heterocycles. The number of ether oxygens (including phenoxy) is 1.